The van der Waals surface area contributed by atoms with Crippen molar-refractivity contribution in [2.45, 2.75) is 32.1 Å². The Morgan fingerprint density at radius 1 is 1.53 bits per heavy atom. The fraction of sp³-hybridized carbons (Fsp3) is 0.385. The molecule has 1 unspecified atom stereocenters. The summed E-state index contributed by atoms with van der Waals surface area (Å²) >= 11 is 0. The maximum atomic E-state index is 5.69. The van der Waals surface area contributed by atoms with Gasteiger partial charge in [-0.15, -0.1) is 0 Å². The number of nitrogens with two attached hydrogens (primary N) is 1. The van der Waals surface area contributed by atoms with Crippen LogP contribution in [-0.4, -0.2) is 15.0 Å². The van der Waals surface area contributed by atoms with Crippen LogP contribution in [0.3, 0.4) is 0 Å². The average Bonchev–Trinajstić information content (AvgIpc) is 2.87. The maximum Gasteiger partial charge on any atom is 0.138 e. The number of nitrogens with zero attached hydrogens (tertiary/aromatic N) is 2. The number of H-pyrrole nitrogens is 1. The quantitative estimate of drug-likeness (QED) is 0.829. The van der Waals surface area contributed by atoms with Crippen LogP contribution in [0.5, 0.6) is 0 Å². The van der Waals surface area contributed by atoms with E-state index >= 15 is 0 Å². The number of rotatable bonds is 2. The summed E-state index contributed by atoms with van der Waals surface area (Å²) < 4.78 is 0. The number of nitrogens with one attached hydrogen (secondary N) is 1. The molecule has 0 aromatic carbocycles. The fourth-order valence-corrected chi connectivity index (χ4v) is 2.54. The Morgan fingerprint density at radius 3 is 3.18 bits per heavy atom. The molecule has 3 N–H and O–H groups in total. The van der Waals surface area contributed by atoms with Crippen LogP contribution < -0.4 is 5.73 Å². The monoisotopic (exact) mass is 228 g/mol. The Morgan fingerprint density at radius 2 is 2.41 bits per heavy atom. The van der Waals surface area contributed by atoms with Gasteiger partial charge in [-0.25, -0.2) is 9.97 Å². The van der Waals surface area contributed by atoms with Gasteiger partial charge >= 0.3 is 0 Å². The Labute approximate surface area is 100 Å². The molecule has 4 nitrogen and oxygen atoms in total. The highest BCUT2D eigenvalue weighted by Crippen LogP contribution is 2.35. The molecule has 0 saturated carbocycles. The summed E-state index contributed by atoms with van der Waals surface area (Å²) in [6.07, 6.45) is 5.22. The van der Waals surface area contributed by atoms with Crippen LogP contribution in [-0.2, 0) is 6.42 Å². The second-order valence-corrected chi connectivity index (χ2v) is 4.56. The van der Waals surface area contributed by atoms with Crippen molar-refractivity contribution in [3.63, 3.8) is 0 Å². The summed E-state index contributed by atoms with van der Waals surface area (Å²) in [5, 5.41) is 0. The second-order valence-electron chi connectivity index (χ2n) is 4.56. The SMILES string of the molecule is CCC1CCc2[nH]c(-c3ccnc(N)c3)nc21. The fourth-order valence-electron chi connectivity index (χ4n) is 2.54. The standard InChI is InChI=1S/C13H16N4/c1-2-8-3-4-10-12(8)17-13(16-10)9-5-6-15-11(14)7-9/h5-8H,2-4H2,1H3,(H2,14,15)(H,16,17). The van der Waals surface area contributed by atoms with Crippen molar-refractivity contribution < 1.29 is 0 Å². The number of aromatic amines is 1. The Kier molecular flexibility index (Phi) is 2.35. The van der Waals surface area contributed by atoms with Crippen LogP contribution in [0.25, 0.3) is 11.4 Å². The number of anilines is 1. The van der Waals surface area contributed by atoms with Crippen molar-refractivity contribution in [2.24, 2.45) is 0 Å². The smallest absolute Gasteiger partial charge is 0.138 e. The third-order valence-electron chi connectivity index (χ3n) is 3.49. The van der Waals surface area contributed by atoms with E-state index in [1.165, 1.54) is 17.8 Å². The number of imidazole rings is 1. The van der Waals surface area contributed by atoms with E-state index < -0.39 is 0 Å². The minimum absolute atomic E-state index is 0.533. The van der Waals surface area contributed by atoms with E-state index in [4.69, 9.17) is 10.7 Å². The van der Waals surface area contributed by atoms with Gasteiger partial charge in [0.15, 0.2) is 0 Å². The minimum atomic E-state index is 0.533. The van der Waals surface area contributed by atoms with E-state index in [-0.39, 0.29) is 0 Å². The third-order valence-corrected chi connectivity index (χ3v) is 3.49. The van der Waals surface area contributed by atoms with Gasteiger partial charge in [-0.3, -0.25) is 0 Å². The molecule has 3 rings (SSSR count). The van der Waals surface area contributed by atoms with Crippen molar-refractivity contribution >= 4 is 5.82 Å². The second kappa shape index (κ2) is 3.87. The van der Waals surface area contributed by atoms with Gasteiger partial charge in [-0.2, -0.15) is 0 Å². The Bertz CT molecular complexity index is 544. The van der Waals surface area contributed by atoms with Gasteiger partial charge in [-0.05, 0) is 31.4 Å². The summed E-state index contributed by atoms with van der Waals surface area (Å²) in [5.74, 6) is 2.07. The van der Waals surface area contributed by atoms with Crippen molar-refractivity contribution in [3.8, 4) is 11.4 Å². The van der Waals surface area contributed by atoms with Gasteiger partial charge in [0.2, 0.25) is 0 Å². The number of nitrogen functional groups attached to an aromatic ring is 1. The van der Waals surface area contributed by atoms with Crippen LogP contribution in [0.2, 0.25) is 0 Å². The molecule has 1 aliphatic rings. The summed E-state index contributed by atoms with van der Waals surface area (Å²) in [7, 11) is 0. The van der Waals surface area contributed by atoms with E-state index in [0.717, 1.165) is 24.2 Å². The van der Waals surface area contributed by atoms with Crippen molar-refractivity contribution in [1.82, 2.24) is 15.0 Å². The van der Waals surface area contributed by atoms with Crippen molar-refractivity contribution in [2.75, 3.05) is 5.73 Å². The molecule has 0 amide bonds. The summed E-state index contributed by atoms with van der Waals surface area (Å²) in [5.41, 5.74) is 9.25. The Balaban J connectivity index is 2.01. The first-order valence-electron chi connectivity index (χ1n) is 6.08. The van der Waals surface area contributed by atoms with Crippen LogP contribution in [0.15, 0.2) is 18.3 Å². The topological polar surface area (TPSA) is 67.6 Å². The molecule has 0 bridgehead atoms. The summed E-state index contributed by atoms with van der Waals surface area (Å²) in [4.78, 5) is 12.1. The first-order chi connectivity index (χ1) is 8.28. The zero-order valence-electron chi connectivity index (χ0n) is 9.90. The van der Waals surface area contributed by atoms with E-state index in [0.29, 0.717) is 11.7 Å². The molecule has 88 valence electrons. The molecular weight excluding hydrogens is 212 g/mol. The molecule has 4 heteroatoms. The minimum Gasteiger partial charge on any atom is -0.384 e. The highest BCUT2D eigenvalue weighted by Gasteiger charge is 2.25. The molecular formula is C13H16N4. The normalized spacial score (nSPS) is 18.3. The lowest BCUT2D eigenvalue weighted by molar-refractivity contribution is 0.641. The van der Waals surface area contributed by atoms with E-state index in [2.05, 4.69) is 16.9 Å². The number of hydrogen-bond donors (Lipinski definition) is 2. The summed E-state index contributed by atoms with van der Waals surface area (Å²) in [6, 6.07) is 3.79. The number of hydrogen-bond acceptors (Lipinski definition) is 3. The van der Waals surface area contributed by atoms with Gasteiger partial charge in [0.05, 0.1) is 5.69 Å². The van der Waals surface area contributed by atoms with Gasteiger partial charge in [0.1, 0.15) is 11.6 Å². The van der Waals surface area contributed by atoms with Gasteiger partial charge in [-0.1, -0.05) is 6.92 Å². The molecule has 2 aromatic rings. The van der Waals surface area contributed by atoms with Crippen molar-refractivity contribution in [3.05, 3.63) is 29.7 Å². The maximum absolute atomic E-state index is 5.69. The molecule has 0 spiro atoms. The largest absolute Gasteiger partial charge is 0.384 e. The molecule has 0 saturated heterocycles. The average molecular weight is 228 g/mol. The van der Waals surface area contributed by atoms with Crippen LogP contribution in [0, 0.1) is 0 Å². The lowest BCUT2D eigenvalue weighted by Gasteiger charge is -2.03. The number of aryl methyl sites for hydroxylation is 1. The van der Waals surface area contributed by atoms with Crippen LogP contribution >= 0.6 is 0 Å². The number of pyridine rings is 1. The molecule has 1 atom stereocenters. The number of aromatic nitrogens is 3. The lowest BCUT2D eigenvalue weighted by atomic mass is 10.1. The van der Waals surface area contributed by atoms with Gasteiger partial charge < -0.3 is 10.7 Å². The molecule has 0 fully saturated rings. The first kappa shape index (κ1) is 10.3. The van der Waals surface area contributed by atoms with Crippen LogP contribution in [0.1, 0.15) is 37.1 Å². The summed E-state index contributed by atoms with van der Waals surface area (Å²) in [6.45, 7) is 2.22. The molecule has 1 aliphatic carbocycles. The molecule has 2 aromatic heterocycles. The molecule has 0 aliphatic heterocycles. The highest BCUT2D eigenvalue weighted by atomic mass is 15.0. The third kappa shape index (κ3) is 1.69. The van der Waals surface area contributed by atoms with E-state index in [1.807, 2.05) is 12.1 Å². The van der Waals surface area contributed by atoms with Crippen molar-refractivity contribution in [1.29, 1.82) is 0 Å². The molecule has 17 heavy (non-hydrogen) atoms. The Hall–Kier alpha value is -1.84. The molecule has 0 radical (unpaired) electrons. The van der Waals surface area contributed by atoms with Crippen LogP contribution in [0.4, 0.5) is 5.82 Å². The predicted molar refractivity (Wildman–Crippen MR) is 67.6 cm³/mol. The number of fused-ring (bicyclic) bond motifs is 1. The van der Waals surface area contributed by atoms with E-state index in [1.54, 1.807) is 6.20 Å². The lowest BCUT2D eigenvalue weighted by Crippen LogP contribution is -1.93. The zero-order valence-corrected chi connectivity index (χ0v) is 9.90. The van der Waals surface area contributed by atoms with E-state index in [9.17, 15) is 0 Å². The first-order valence-corrected chi connectivity index (χ1v) is 6.08. The highest BCUT2D eigenvalue weighted by molar-refractivity contribution is 5.59. The predicted octanol–water partition coefficient (Wildman–Crippen LogP) is 2.49. The van der Waals surface area contributed by atoms with Gasteiger partial charge in [0.25, 0.3) is 0 Å². The molecule has 2 heterocycles. The zero-order chi connectivity index (χ0) is 11.8. The van der Waals surface area contributed by atoms with Gasteiger partial charge in [0, 0.05) is 23.4 Å².